The van der Waals surface area contributed by atoms with E-state index >= 15 is 0 Å². The van der Waals surface area contributed by atoms with Crippen molar-refractivity contribution in [1.29, 1.82) is 0 Å². The Morgan fingerprint density at radius 2 is 2.05 bits per heavy atom. The van der Waals surface area contributed by atoms with Crippen molar-refractivity contribution in [2.24, 2.45) is 5.92 Å². The summed E-state index contributed by atoms with van der Waals surface area (Å²) in [6.45, 7) is 0.498. The third-order valence-corrected chi connectivity index (χ3v) is 4.27. The zero-order valence-corrected chi connectivity index (χ0v) is 12.1. The highest BCUT2D eigenvalue weighted by atomic mass is 32.1. The maximum atomic E-state index is 13.7. The summed E-state index contributed by atoms with van der Waals surface area (Å²) in [7, 11) is 0. The monoisotopic (exact) mass is 308 g/mol. The molecule has 1 aliphatic carbocycles. The number of carbonyl (C=O) groups excluding carboxylic acids is 1. The number of thiazole rings is 1. The standard InChI is InChI=1S/C15H14F2N2OS/c16-11-2-1-3-12(17)13(11)15-19-10(8-21-15)6-7-18-14(20)9-4-5-9/h1-3,8-9H,4-7H2,(H,18,20). The van der Waals surface area contributed by atoms with Crippen molar-refractivity contribution < 1.29 is 13.6 Å². The lowest BCUT2D eigenvalue weighted by atomic mass is 10.2. The molecule has 0 unspecified atom stereocenters. The molecule has 1 aliphatic rings. The van der Waals surface area contributed by atoms with E-state index in [2.05, 4.69) is 10.3 Å². The Hall–Kier alpha value is -1.82. The molecule has 3 rings (SSSR count). The number of nitrogens with one attached hydrogen (secondary N) is 1. The van der Waals surface area contributed by atoms with E-state index in [1.807, 2.05) is 0 Å². The normalized spacial score (nSPS) is 14.2. The molecule has 0 radical (unpaired) electrons. The Labute approximate surface area is 125 Å². The molecule has 1 saturated carbocycles. The van der Waals surface area contributed by atoms with Crippen LogP contribution < -0.4 is 5.32 Å². The van der Waals surface area contributed by atoms with Crippen LogP contribution in [0.15, 0.2) is 23.6 Å². The van der Waals surface area contributed by atoms with Gasteiger partial charge in [0.1, 0.15) is 16.6 Å². The molecule has 1 N–H and O–H groups in total. The number of rotatable bonds is 5. The van der Waals surface area contributed by atoms with Gasteiger partial charge in [0.25, 0.3) is 0 Å². The van der Waals surface area contributed by atoms with Gasteiger partial charge >= 0.3 is 0 Å². The fourth-order valence-electron chi connectivity index (χ4n) is 2.04. The number of carbonyl (C=O) groups is 1. The van der Waals surface area contributed by atoms with E-state index in [1.165, 1.54) is 29.5 Å². The second-order valence-corrected chi connectivity index (χ2v) is 5.91. The van der Waals surface area contributed by atoms with Crippen molar-refractivity contribution in [2.75, 3.05) is 6.54 Å². The van der Waals surface area contributed by atoms with E-state index in [0.717, 1.165) is 18.5 Å². The van der Waals surface area contributed by atoms with Gasteiger partial charge in [-0.15, -0.1) is 11.3 Å². The van der Waals surface area contributed by atoms with Crippen molar-refractivity contribution in [2.45, 2.75) is 19.3 Å². The van der Waals surface area contributed by atoms with Crippen molar-refractivity contribution in [3.8, 4) is 10.6 Å². The summed E-state index contributed by atoms with van der Waals surface area (Å²) in [5.74, 6) is -0.954. The third kappa shape index (κ3) is 3.26. The predicted molar refractivity (Wildman–Crippen MR) is 76.9 cm³/mol. The highest BCUT2D eigenvalue weighted by Gasteiger charge is 2.29. The maximum absolute atomic E-state index is 13.7. The lowest BCUT2D eigenvalue weighted by Gasteiger charge is -2.02. The SMILES string of the molecule is O=C(NCCc1csc(-c2c(F)cccc2F)n1)C1CC1. The van der Waals surface area contributed by atoms with Crippen molar-refractivity contribution in [3.63, 3.8) is 0 Å². The maximum Gasteiger partial charge on any atom is 0.223 e. The largest absolute Gasteiger partial charge is 0.355 e. The lowest BCUT2D eigenvalue weighted by molar-refractivity contribution is -0.122. The fraction of sp³-hybridized carbons (Fsp3) is 0.333. The number of benzene rings is 1. The Morgan fingerprint density at radius 3 is 2.71 bits per heavy atom. The molecule has 0 bridgehead atoms. The van der Waals surface area contributed by atoms with Crippen LogP contribution in [0.2, 0.25) is 0 Å². The van der Waals surface area contributed by atoms with Gasteiger partial charge in [-0.1, -0.05) is 6.07 Å². The average molecular weight is 308 g/mol. The Kier molecular flexibility index (Phi) is 3.96. The number of aromatic nitrogens is 1. The van der Waals surface area contributed by atoms with Crippen molar-refractivity contribution in [1.82, 2.24) is 10.3 Å². The van der Waals surface area contributed by atoms with E-state index < -0.39 is 11.6 Å². The molecule has 3 nitrogen and oxygen atoms in total. The molecule has 110 valence electrons. The van der Waals surface area contributed by atoms with Crippen molar-refractivity contribution in [3.05, 3.63) is 40.9 Å². The minimum absolute atomic E-state index is 0.0873. The van der Waals surface area contributed by atoms with Crippen LogP contribution in [0.4, 0.5) is 8.78 Å². The average Bonchev–Trinajstić information content (AvgIpc) is 3.20. The molecule has 21 heavy (non-hydrogen) atoms. The zero-order chi connectivity index (χ0) is 14.8. The van der Waals surface area contributed by atoms with Crippen LogP contribution in [0.5, 0.6) is 0 Å². The van der Waals surface area contributed by atoms with Gasteiger partial charge < -0.3 is 5.32 Å². The highest BCUT2D eigenvalue weighted by molar-refractivity contribution is 7.13. The van der Waals surface area contributed by atoms with Crippen LogP contribution in [-0.4, -0.2) is 17.4 Å². The van der Waals surface area contributed by atoms with Gasteiger partial charge in [0.2, 0.25) is 5.91 Å². The summed E-state index contributed by atoms with van der Waals surface area (Å²) in [5.41, 5.74) is 0.643. The summed E-state index contributed by atoms with van der Waals surface area (Å²) in [4.78, 5) is 15.7. The molecule has 1 fully saturated rings. The first-order chi connectivity index (χ1) is 10.1. The first-order valence-corrected chi connectivity index (χ1v) is 7.69. The Bertz CT molecular complexity index is 647. The first kappa shape index (κ1) is 14.1. The summed E-state index contributed by atoms with van der Waals surface area (Å²) in [5, 5.41) is 4.94. The smallest absolute Gasteiger partial charge is 0.223 e. The number of halogens is 2. The quantitative estimate of drug-likeness (QED) is 0.922. The van der Waals surface area contributed by atoms with Gasteiger partial charge in [-0.25, -0.2) is 13.8 Å². The zero-order valence-electron chi connectivity index (χ0n) is 11.2. The van der Waals surface area contributed by atoms with Crippen LogP contribution in [0, 0.1) is 17.6 Å². The minimum Gasteiger partial charge on any atom is -0.355 e. The molecule has 1 heterocycles. The van der Waals surface area contributed by atoms with Gasteiger partial charge in [0, 0.05) is 24.3 Å². The number of amides is 1. The number of nitrogens with zero attached hydrogens (tertiary/aromatic N) is 1. The van der Waals surface area contributed by atoms with Gasteiger partial charge in [0.15, 0.2) is 0 Å². The summed E-state index contributed by atoms with van der Waals surface area (Å²) in [6, 6.07) is 3.76. The number of hydrogen-bond acceptors (Lipinski definition) is 3. The molecule has 0 spiro atoms. The highest BCUT2D eigenvalue weighted by Crippen LogP contribution is 2.29. The van der Waals surface area contributed by atoms with Gasteiger partial charge in [-0.2, -0.15) is 0 Å². The van der Waals surface area contributed by atoms with E-state index in [9.17, 15) is 13.6 Å². The first-order valence-electron chi connectivity index (χ1n) is 6.81. The molecular weight excluding hydrogens is 294 g/mol. The van der Waals surface area contributed by atoms with Crippen LogP contribution in [-0.2, 0) is 11.2 Å². The van der Waals surface area contributed by atoms with Crippen molar-refractivity contribution >= 4 is 17.2 Å². The van der Waals surface area contributed by atoms with Gasteiger partial charge in [0.05, 0.1) is 11.3 Å². The molecule has 0 aliphatic heterocycles. The van der Waals surface area contributed by atoms with Crippen LogP contribution in [0.25, 0.3) is 10.6 Å². The van der Waals surface area contributed by atoms with Crippen LogP contribution in [0.3, 0.4) is 0 Å². The Morgan fingerprint density at radius 1 is 1.33 bits per heavy atom. The summed E-state index contributed by atoms with van der Waals surface area (Å²) < 4.78 is 27.3. The fourth-order valence-corrected chi connectivity index (χ4v) is 2.94. The molecule has 1 amide bonds. The van der Waals surface area contributed by atoms with E-state index in [0.29, 0.717) is 18.0 Å². The predicted octanol–water partition coefficient (Wildman–Crippen LogP) is 3.16. The van der Waals surface area contributed by atoms with Crippen LogP contribution in [0.1, 0.15) is 18.5 Å². The molecular formula is C15H14F2N2OS. The summed E-state index contributed by atoms with van der Waals surface area (Å²) >= 11 is 1.20. The molecule has 0 saturated heterocycles. The van der Waals surface area contributed by atoms with Gasteiger partial charge in [-0.05, 0) is 25.0 Å². The Balaban J connectivity index is 1.64. The lowest BCUT2D eigenvalue weighted by Crippen LogP contribution is -2.26. The molecule has 1 aromatic carbocycles. The van der Waals surface area contributed by atoms with Crippen LogP contribution >= 0.6 is 11.3 Å². The van der Waals surface area contributed by atoms with Gasteiger partial charge in [-0.3, -0.25) is 4.79 Å². The third-order valence-electron chi connectivity index (χ3n) is 3.36. The van der Waals surface area contributed by atoms with E-state index in [4.69, 9.17) is 0 Å². The number of hydrogen-bond donors (Lipinski definition) is 1. The second kappa shape index (κ2) is 5.89. The van der Waals surface area contributed by atoms with E-state index in [1.54, 1.807) is 5.38 Å². The van der Waals surface area contributed by atoms with E-state index in [-0.39, 0.29) is 17.4 Å². The second-order valence-electron chi connectivity index (χ2n) is 5.06. The minimum atomic E-state index is -0.613. The molecule has 2 aromatic rings. The molecule has 0 atom stereocenters. The molecule has 6 heteroatoms. The summed E-state index contributed by atoms with van der Waals surface area (Å²) in [6.07, 6.45) is 2.50. The molecule has 1 aromatic heterocycles. The topological polar surface area (TPSA) is 42.0 Å².